The van der Waals surface area contributed by atoms with Crippen molar-refractivity contribution in [2.45, 2.75) is 19.4 Å². The van der Waals surface area contributed by atoms with E-state index in [0.29, 0.717) is 60.1 Å². The van der Waals surface area contributed by atoms with Gasteiger partial charge in [0.15, 0.2) is 0 Å². The molecule has 0 aliphatic carbocycles. The van der Waals surface area contributed by atoms with Gasteiger partial charge < -0.3 is 30.0 Å². The summed E-state index contributed by atoms with van der Waals surface area (Å²) in [4.78, 5) is 22.7. The van der Waals surface area contributed by atoms with Crippen LogP contribution >= 0.6 is 0 Å². The van der Waals surface area contributed by atoms with E-state index in [0.717, 1.165) is 24.3 Å². The van der Waals surface area contributed by atoms with Crippen molar-refractivity contribution in [1.29, 1.82) is 0 Å². The van der Waals surface area contributed by atoms with Crippen LogP contribution in [0.2, 0.25) is 0 Å². The number of nitrogens with zero attached hydrogens (tertiary/aromatic N) is 2. The first-order chi connectivity index (χ1) is 16.5. The van der Waals surface area contributed by atoms with Gasteiger partial charge in [-0.05, 0) is 32.2 Å². The lowest BCUT2D eigenvalue weighted by atomic mass is 10.0. The smallest absolute Gasteiger partial charge is 0.255 e. The van der Waals surface area contributed by atoms with Gasteiger partial charge in [-0.1, -0.05) is 6.07 Å². The number of halogens is 1. The maximum absolute atomic E-state index is 14.2. The predicted octanol–water partition coefficient (Wildman–Crippen LogP) is 3.26. The summed E-state index contributed by atoms with van der Waals surface area (Å²) >= 11 is 0. The summed E-state index contributed by atoms with van der Waals surface area (Å²) < 4.78 is 26.2. The maximum Gasteiger partial charge on any atom is 0.255 e. The second kappa shape index (κ2) is 9.44. The Morgan fingerprint density at radius 2 is 2.24 bits per heavy atom. The molecule has 1 atom stereocenters. The Kier molecular flexibility index (Phi) is 6.21. The third kappa shape index (κ3) is 4.36. The van der Waals surface area contributed by atoms with E-state index in [1.165, 1.54) is 6.07 Å². The van der Waals surface area contributed by atoms with Gasteiger partial charge in [0.1, 0.15) is 24.3 Å². The average Bonchev–Trinajstić information content (AvgIpc) is 3.20. The van der Waals surface area contributed by atoms with Crippen molar-refractivity contribution < 1.29 is 18.7 Å². The number of anilines is 2. The Morgan fingerprint density at radius 3 is 3.09 bits per heavy atom. The average molecular weight is 466 g/mol. The summed E-state index contributed by atoms with van der Waals surface area (Å²) in [5.41, 5.74) is 4.48. The number of morpholine rings is 1. The quantitative estimate of drug-likeness (QED) is 0.518. The summed E-state index contributed by atoms with van der Waals surface area (Å²) in [6, 6.07) is 6.71. The van der Waals surface area contributed by atoms with Gasteiger partial charge in [0, 0.05) is 54.8 Å². The van der Waals surface area contributed by atoms with Crippen molar-refractivity contribution in [3.63, 3.8) is 0 Å². The van der Waals surface area contributed by atoms with Gasteiger partial charge in [-0.15, -0.1) is 0 Å². The van der Waals surface area contributed by atoms with Crippen LogP contribution in [0.4, 0.5) is 15.8 Å². The molecule has 0 spiro atoms. The van der Waals surface area contributed by atoms with Crippen molar-refractivity contribution in [2.24, 2.45) is 0 Å². The van der Waals surface area contributed by atoms with Crippen LogP contribution < -0.4 is 15.4 Å². The summed E-state index contributed by atoms with van der Waals surface area (Å²) in [5.74, 6) is 0.0959. The Labute approximate surface area is 197 Å². The Morgan fingerprint density at radius 1 is 1.35 bits per heavy atom. The van der Waals surface area contributed by atoms with Gasteiger partial charge in [-0.25, -0.2) is 4.39 Å². The molecule has 0 saturated carbocycles. The number of likely N-dealkylation sites (N-methyl/N-ethyl adjacent to an activating group) is 1. The molecule has 2 aliphatic heterocycles. The molecule has 178 valence electrons. The SMILES string of the molecule is Cc1c(F)cccc1Nc1c(-c2ccncc2OC[C@@H]2CN(C)CCO2)[nH]c2c1C(=O)NCC2. The number of hydrogen-bond acceptors (Lipinski definition) is 6. The molecule has 34 heavy (non-hydrogen) atoms. The minimum absolute atomic E-state index is 0.0398. The molecule has 0 radical (unpaired) electrons. The van der Waals surface area contributed by atoms with Crippen LogP contribution in [0, 0.1) is 12.7 Å². The molecular weight excluding hydrogens is 437 g/mol. The molecule has 0 unspecified atom stereocenters. The number of aromatic amines is 1. The van der Waals surface area contributed by atoms with E-state index in [1.54, 1.807) is 31.5 Å². The predicted molar refractivity (Wildman–Crippen MR) is 127 cm³/mol. The minimum Gasteiger partial charge on any atom is -0.488 e. The number of nitrogens with one attached hydrogen (secondary N) is 3. The maximum atomic E-state index is 14.2. The zero-order chi connectivity index (χ0) is 23.7. The molecule has 1 aromatic carbocycles. The molecule has 2 aromatic heterocycles. The van der Waals surface area contributed by atoms with Crippen LogP contribution in [-0.4, -0.2) is 66.8 Å². The van der Waals surface area contributed by atoms with Crippen LogP contribution in [0.25, 0.3) is 11.3 Å². The Bertz CT molecular complexity index is 1210. The third-order valence-corrected chi connectivity index (χ3v) is 6.31. The first-order valence-corrected chi connectivity index (χ1v) is 11.4. The van der Waals surface area contributed by atoms with Crippen LogP contribution in [0.1, 0.15) is 21.6 Å². The van der Waals surface area contributed by atoms with Crippen molar-refractivity contribution in [1.82, 2.24) is 20.2 Å². The lowest BCUT2D eigenvalue weighted by molar-refractivity contribution is -0.0403. The number of ether oxygens (including phenoxy) is 2. The molecule has 1 fully saturated rings. The fourth-order valence-corrected chi connectivity index (χ4v) is 4.44. The van der Waals surface area contributed by atoms with Crippen LogP contribution in [0.5, 0.6) is 5.75 Å². The van der Waals surface area contributed by atoms with Crippen LogP contribution in [-0.2, 0) is 11.2 Å². The van der Waals surface area contributed by atoms with Crippen molar-refractivity contribution in [2.75, 3.05) is 45.2 Å². The van der Waals surface area contributed by atoms with E-state index in [2.05, 4.69) is 32.5 Å². The highest BCUT2D eigenvalue weighted by Gasteiger charge is 2.29. The zero-order valence-corrected chi connectivity index (χ0v) is 19.3. The largest absolute Gasteiger partial charge is 0.488 e. The summed E-state index contributed by atoms with van der Waals surface area (Å²) in [6.45, 7) is 5.01. The molecule has 2 aliphatic rings. The third-order valence-electron chi connectivity index (χ3n) is 6.31. The number of hydrogen-bond donors (Lipinski definition) is 3. The number of amides is 1. The van der Waals surface area contributed by atoms with Crippen LogP contribution in [0.3, 0.4) is 0 Å². The lowest BCUT2D eigenvalue weighted by Crippen LogP contribution is -2.42. The lowest BCUT2D eigenvalue weighted by Gasteiger charge is -2.30. The van der Waals surface area contributed by atoms with Gasteiger partial charge in [0.2, 0.25) is 0 Å². The van der Waals surface area contributed by atoms with Crippen molar-refractivity contribution in [3.8, 4) is 17.0 Å². The summed E-state index contributed by atoms with van der Waals surface area (Å²) in [7, 11) is 2.06. The summed E-state index contributed by atoms with van der Waals surface area (Å²) in [6.07, 6.45) is 3.98. The number of rotatable bonds is 6. The van der Waals surface area contributed by atoms with E-state index in [9.17, 15) is 9.18 Å². The van der Waals surface area contributed by atoms with Gasteiger partial charge in [-0.3, -0.25) is 9.78 Å². The van der Waals surface area contributed by atoms with Crippen molar-refractivity contribution in [3.05, 3.63) is 59.3 Å². The fraction of sp³-hybridized carbons (Fsp3) is 0.360. The van der Waals surface area contributed by atoms with E-state index in [-0.39, 0.29) is 17.8 Å². The number of H-pyrrole nitrogens is 1. The second-order valence-electron chi connectivity index (χ2n) is 8.71. The van der Waals surface area contributed by atoms with E-state index < -0.39 is 0 Å². The Hall–Kier alpha value is -3.43. The number of aromatic nitrogens is 2. The van der Waals surface area contributed by atoms with E-state index in [4.69, 9.17) is 9.47 Å². The first kappa shape index (κ1) is 22.4. The second-order valence-corrected chi connectivity index (χ2v) is 8.71. The number of fused-ring (bicyclic) bond motifs is 1. The highest BCUT2D eigenvalue weighted by molar-refractivity contribution is 6.06. The zero-order valence-electron chi connectivity index (χ0n) is 19.3. The van der Waals surface area contributed by atoms with Gasteiger partial charge in [0.25, 0.3) is 5.91 Å². The number of pyridine rings is 1. The van der Waals surface area contributed by atoms with Crippen molar-refractivity contribution >= 4 is 17.3 Å². The molecule has 9 heteroatoms. The molecular formula is C25H28FN5O3. The number of carbonyl (C=O) groups is 1. The fourth-order valence-electron chi connectivity index (χ4n) is 4.44. The highest BCUT2D eigenvalue weighted by atomic mass is 19.1. The molecule has 1 saturated heterocycles. The number of carbonyl (C=O) groups excluding carboxylic acids is 1. The van der Waals surface area contributed by atoms with E-state index in [1.807, 2.05) is 6.07 Å². The standard InChI is InChI=1S/C25H28FN5O3/c1-15-18(26)4-3-5-19(15)29-24-22-20(7-9-28-25(22)32)30-23(24)17-6-8-27-12-21(17)34-14-16-13-31(2)10-11-33-16/h3-6,8,12,16,29-30H,7,9-11,13-14H2,1-2H3,(H,28,32)/t16-/m0/s1. The highest BCUT2D eigenvalue weighted by Crippen LogP contribution is 2.40. The van der Waals surface area contributed by atoms with Crippen LogP contribution in [0.15, 0.2) is 36.7 Å². The molecule has 3 aromatic rings. The molecule has 1 amide bonds. The molecule has 5 rings (SSSR count). The molecule has 0 bridgehead atoms. The van der Waals surface area contributed by atoms with Gasteiger partial charge in [-0.2, -0.15) is 0 Å². The normalized spacial score (nSPS) is 18.3. The number of benzene rings is 1. The van der Waals surface area contributed by atoms with Gasteiger partial charge in [0.05, 0.1) is 29.7 Å². The molecule has 8 nitrogen and oxygen atoms in total. The molecule has 4 heterocycles. The first-order valence-electron chi connectivity index (χ1n) is 11.4. The topological polar surface area (TPSA) is 91.5 Å². The minimum atomic E-state index is -0.314. The van der Waals surface area contributed by atoms with Gasteiger partial charge >= 0.3 is 0 Å². The van der Waals surface area contributed by atoms with E-state index >= 15 is 0 Å². The Balaban J connectivity index is 1.53. The monoisotopic (exact) mass is 465 g/mol. The molecule has 3 N–H and O–H groups in total. The summed E-state index contributed by atoms with van der Waals surface area (Å²) in [5, 5.41) is 6.22.